The first-order chi connectivity index (χ1) is 13.6. The number of benzene rings is 2. The monoisotopic (exact) mass is 398 g/mol. The minimum absolute atomic E-state index is 0.0690. The Morgan fingerprint density at radius 3 is 2.57 bits per heavy atom. The third-order valence-electron chi connectivity index (χ3n) is 3.96. The molecule has 0 aliphatic carbocycles. The molecule has 142 valence electrons. The van der Waals surface area contributed by atoms with Crippen molar-refractivity contribution in [3.8, 4) is 22.7 Å². The van der Waals surface area contributed by atoms with Crippen molar-refractivity contribution in [2.75, 3.05) is 0 Å². The Morgan fingerprint density at radius 2 is 1.86 bits per heavy atom. The number of hydrogen-bond acceptors (Lipinski definition) is 4. The van der Waals surface area contributed by atoms with E-state index >= 15 is 0 Å². The smallest absolute Gasteiger partial charge is 0.387 e. The molecule has 8 heteroatoms. The highest BCUT2D eigenvalue weighted by molar-refractivity contribution is 7.99. The molecule has 0 amide bonds. The summed E-state index contributed by atoms with van der Waals surface area (Å²) in [6, 6.07) is 16.7. The molecule has 4 aromatic rings. The third-order valence-corrected chi connectivity index (χ3v) is 4.96. The van der Waals surface area contributed by atoms with E-state index in [1.807, 2.05) is 36.4 Å². The SMILES string of the molecule is Cn1cc(-n2cccn2)c(-c2cc(Sc3ccccc3)ccc2OC(F)F)n1. The number of nitrogens with zero attached hydrogens (tertiary/aromatic N) is 4. The van der Waals surface area contributed by atoms with Crippen molar-refractivity contribution in [3.05, 3.63) is 73.2 Å². The van der Waals surface area contributed by atoms with E-state index in [-0.39, 0.29) is 5.75 Å². The summed E-state index contributed by atoms with van der Waals surface area (Å²) in [6.07, 6.45) is 5.21. The maximum Gasteiger partial charge on any atom is 0.387 e. The van der Waals surface area contributed by atoms with E-state index in [9.17, 15) is 8.78 Å². The molecule has 0 aliphatic rings. The molecule has 0 bridgehead atoms. The summed E-state index contributed by atoms with van der Waals surface area (Å²) in [6.45, 7) is -2.93. The Bertz CT molecular complexity index is 1070. The zero-order valence-electron chi connectivity index (χ0n) is 14.9. The van der Waals surface area contributed by atoms with Crippen LogP contribution in [0.1, 0.15) is 0 Å². The molecule has 5 nitrogen and oxygen atoms in total. The van der Waals surface area contributed by atoms with E-state index in [0.717, 1.165) is 9.79 Å². The van der Waals surface area contributed by atoms with Gasteiger partial charge in [0.1, 0.15) is 17.1 Å². The molecular weight excluding hydrogens is 382 g/mol. The molecule has 28 heavy (non-hydrogen) atoms. The van der Waals surface area contributed by atoms with Crippen molar-refractivity contribution in [1.29, 1.82) is 0 Å². The van der Waals surface area contributed by atoms with Crippen LogP contribution in [-0.2, 0) is 7.05 Å². The van der Waals surface area contributed by atoms with Crippen molar-refractivity contribution < 1.29 is 13.5 Å². The normalized spacial score (nSPS) is 11.1. The van der Waals surface area contributed by atoms with E-state index in [4.69, 9.17) is 4.74 Å². The Kier molecular flexibility index (Phi) is 5.12. The van der Waals surface area contributed by atoms with Gasteiger partial charge in [-0.25, -0.2) is 4.68 Å². The van der Waals surface area contributed by atoms with Crippen LogP contribution < -0.4 is 4.74 Å². The minimum atomic E-state index is -2.93. The molecule has 0 saturated heterocycles. The first-order valence-electron chi connectivity index (χ1n) is 8.46. The molecule has 2 heterocycles. The Hall–Kier alpha value is -3.13. The zero-order valence-corrected chi connectivity index (χ0v) is 15.7. The quantitative estimate of drug-likeness (QED) is 0.457. The van der Waals surface area contributed by atoms with Crippen molar-refractivity contribution in [2.45, 2.75) is 16.4 Å². The second-order valence-electron chi connectivity index (χ2n) is 5.94. The molecule has 2 aromatic heterocycles. The molecule has 0 fully saturated rings. The molecule has 4 rings (SSSR count). The lowest BCUT2D eigenvalue weighted by atomic mass is 10.1. The number of ether oxygens (including phenoxy) is 1. The predicted molar refractivity (Wildman–Crippen MR) is 103 cm³/mol. The van der Waals surface area contributed by atoms with Gasteiger partial charge in [0.15, 0.2) is 0 Å². The number of rotatable bonds is 6. The predicted octanol–water partition coefficient (Wildman–Crippen LogP) is 5.03. The summed E-state index contributed by atoms with van der Waals surface area (Å²) < 4.78 is 34.0. The van der Waals surface area contributed by atoms with E-state index in [2.05, 4.69) is 10.2 Å². The fourth-order valence-electron chi connectivity index (χ4n) is 2.83. The number of halogens is 2. The third kappa shape index (κ3) is 3.91. The Labute approximate surface area is 164 Å². The fourth-order valence-corrected chi connectivity index (χ4v) is 3.71. The lowest BCUT2D eigenvalue weighted by Gasteiger charge is -2.12. The van der Waals surface area contributed by atoms with Crippen molar-refractivity contribution >= 4 is 11.8 Å². The summed E-state index contributed by atoms with van der Waals surface area (Å²) in [4.78, 5) is 1.93. The average Bonchev–Trinajstić information content (AvgIpc) is 3.33. The minimum Gasteiger partial charge on any atom is -0.434 e. The standard InChI is InChI=1S/C20H16F2N4OS/c1-25-13-17(26-11-5-10-23-26)19(24-25)16-12-15(8-9-18(16)27-20(21)22)28-14-6-3-2-4-7-14/h2-13,20H,1H3. The van der Waals surface area contributed by atoms with E-state index < -0.39 is 6.61 Å². The Balaban J connectivity index is 1.81. The van der Waals surface area contributed by atoms with Gasteiger partial charge in [0.05, 0.1) is 6.20 Å². The topological polar surface area (TPSA) is 44.9 Å². The first-order valence-corrected chi connectivity index (χ1v) is 9.27. The molecule has 0 saturated carbocycles. The van der Waals surface area contributed by atoms with Gasteiger partial charge in [-0.15, -0.1) is 0 Å². The van der Waals surface area contributed by atoms with Crippen LogP contribution in [0.3, 0.4) is 0 Å². The van der Waals surface area contributed by atoms with Crippen molar-refractivity contribution in [3.63, 3.8) is 0 Å². The van der Waals surface area contributed by atoms with E-state index in [1.165, 1.54) is 11.8 Å². The number of aromatic nitrogens is 4. The fraction of sp³-hybridized carbons (Fsp3) is 0.100. The van der Waals surface area contributed by atoms with Gasteiger partial charge >= 0.3 is 6.61 Å². The van der Waals surface area contributed by atoms with Crippen LogP contribution in [-0.4, -0.2) is 26.2 Å². The van der Waals surface area contributed by atoms with Crippen LogP contribution in [0.2, 0.25) is 0 Å². The molecule has 0 atom stereocenters. The largest absolute Gasteiger partial charge is 0.434 e. The molecule has 0 unspecified atom stereocenters. The van der Waals surface area contributed by atoms with Gasteiger partial charge in [0.2, 0.25) is 0 Å². The van der Waals surface area contributed by atoms with Crippen LogP contribution in [0.15, 0.2) is 83.0 Å². The molecule has 0 radical (unpaired) electrons. The number of hydrogen-bond donors (Lipinski definition) is 0. The van der Waals surface area contributed by atoms with Crippen LogP contribution in [0.25, 0.3) is 16.9 Å². The highest BCUT2D eigenvalue weighted by Gasteiger charge is 2.19. The molecule has 0 aliphatic heterocycles. The Morgan fingerprint density at radius 1 is 1.04 bits per heavy atom. The summed E-state index contributed by atoms with van der Waals surface area (Å²) in [5.74, 6) is 0.0690. The first kappa shape index (κ1) is 18.2. The summed E-state index contributed by atoms with van der Waals surface area (Å²) in [7, 11) is 1.77. The van der Waals surface area contributed by atoms with Gasteiger partial charge in [-0.2, -0.15) is 19.0 Å². The summed E-state index contributed by atoms with van der Waals surface area (Å²) in [5.41, 5.74) is 1.66. The van der Waals surface area contributed by atoms with Crippen LogP contribution in [0, 0.1) is 0 Å². The van der Waals surface area contributed by atoms with Gasteiger partial charge in [-0.05, 0) is 36.4 Å². The lowest BCUT2D eigenvalue weighted by molar-refractivity contribution is -0.0494. The van der Waals surface area contributed by atoms with Crippen LogP contribution in [0.4, 0.5) is 8.78 Å². The van der Waals surface area contributed by atoms with Gasteiger partial charge in [0, 0.05) is 34.8 Å². The maximum absolute atomic E-state index is 13.0. The molecule has 0 spiro atoms. The molecular formula is C20H16F2N4OS. The zero-order chi connectivity index (χ0) is 19.5. The molecule has 2 aromatic carbocycles. The van der Waals surface area contributed by atoms with Gasteiger partial charge in [-0.1, -0.05) is 30.0 Å². The highest BCUT2D eigenvalue weighted by Crippen LogP contribution is 2.38. The van der Waals surface area contributed by atoms with E-state index in [0.29, 0.717) is 16.9 Å². The summed E-state index contributed by atoms with van der Waals surface area (Å²) in [5, 5.41) is 8.71. The highest BCUT2D eigenvalue weighted by atomic mass is 32.2. The van der Waals surface area contributed by atoms with Gasteiger partial charge < -0.3 is 4.74 Å². The van der Waals surface area contributed by atoms with Crippen molar-refractivity contribution in [2.24, 2.45) is 7.05 Å². The van der Waals surface area contributed by atoms with E-state index in [1.54, 1.807) is 53.2 Å². The van der Waals surface area contributed by atoms with Crippen molar-refractivity contribution in [1.82, 2.24) is 19.6 Å². The number of alkyl halides is 2. The summed E-state index contributed by atoms with van der Waals surface area (Å²) >= 11 is 1.53. The van der Waals surface area contributed by atoms with Gasteiger partial charge in [-0.3, -0.25) is 4.68 Å². The molecule has 0 N–H and O–H groups in total. The van der Waals surface area contributed by atoms with Gasteiger partial charge in [0.25, 0.3) is 0 Å². The average molecular weight is 398 g/mol. The second-order valence-corrected chi connectivity index (χ2v) is 7.09. The van der Waals surface area contributed by atoms with Crippen LogP contribution >= 0.6 is 11.8 Å². The van der Waals surface area contributed by atoms with Crippen LogP contribution in [0.5, 0.6) is 5.75 Å². The number of aryl methyl sites for hydroxylation is 1. The lowest BCUT2D eigenvalue weighted by Crippen LogP contribution is -2.04. The second kappa shape index (κ2) is 7.85. The maximum atomic E-state index is 13.0.